The van der Waals surface area contributed by atoms with E-state index in [-0.39, 0.29) is 30.0 Å². The third-order valence-corrected chi connectivity index (χ3v) is 8.63. The number of halogens is 4. The number of alkyl halides is 3. The van der Waals surface area contributed by atoms with Crippen LogP contribution in [0.3, 0.4) is 0 Å². The summed E-state index contributed by atoms with van der Waals surface area (Å²) in [6.07, 6.45) is 17.4. The van der Waals surface area contributed by atoms with Crippen molar-refractivity contribution in [1.29, 1.82) is 0 Å². The van der Waals surface area contributed by atoms with Crippen LogP contribution in [0, 0.1) is 17.8 Å². The fourth-order valence-corrected chi connectivity index (χ4v) is 5.87. The van der Waals surface area contributed by atoms with Crippen LogP contribution in [-0.2, 0) is 17.1 Å². The zero-order valence-electron chi connectivity index (χ0n) is 25.3. The summed E-state index contributed by atoms with van der Waals surface area (Å²) in [4.78, 5) is 9.12. The summed E-state index contributed by atoms with van der Waals surface area (Å²) in [7, 11) is 0. The minimum atomic E-state index is -3.55. The summed E-state index contributed by atoms with van der Waals surface area (Å²) in [6.45, 7) is 4.26. The van der Waals surface area contributed by atoms with Crippen LogP contribution in [0.2, 0.25) is 0 Å². The quantitative estimate of drug-likeness (QED) is 0.0654. The number of rotatable bonds is 20. The normalized spacial score (nSPS) is 21.4. The van der Waals surface area contributed by atoms with Crippen LogP contribution < -0.4 is 4.74 Å². The van der Waals surface area contributed by atoms with E-state index in [0.29, 0.717) is 26.2 Å². The summed E-state index contributed by atoms with van der Waals surface area (Å²) >= 11 is 0. The molecule has 1 aliphatic heterocycles. The van der Waals surface area contributed by atoms with Gasteiger partial charge in [-0.2, -0.15) is 13.8 Å². The zero-order valence-corrected chi connectivity index (χ0v) is 25.3. The number of nitrogens with zero attached hydrogens (tertiary/aromatic N) is 3. The number of aryl methyl sites for hydroxylation is 1. The molecule has 1 aromatic heterocycles. The van der Waals surface area contributed by atoms with E-state index in [1.54, 1.807) is 0 Å². The second-order valence-corrected chi connectivity index (χ2v) is 12.1. The molecule has 9 heteroatoms. The topological polar surface area (TPSA) is 47.0 Å². The number of hydrogen-bond acceptors (Lipinski definition) is 5. The number of aliphatic imine (C=N–C) groups is 1. The maximum Gasteiger partial charge on any atom is 0.286 e. The second-order valence-electron chi connectivity index (χ2n) is 12.1. The highest BCUT2D eigenvalue weighted by molar-refractivity contribution is 5.98. The Morgan fingerprint density at radius 3 is 2.38 bits per heavy atom. The van der Waals surface area contributed by atoms with Crippen molar-refractivity contribution in [3.63, 3.8) is 0 Å². The van der Waals surface area contributed by atoms with Gasteiger partial charge in [-0.15, -0.1) is 0 Å². The Morgan fingerprint density at radius 2 is 1.64 bits per heavy atom. The van der Waals surface area contributed by atoms with Crippen molar-refractivity contribution in [2.24, 2.45) is 16.8 Å². The highest BCUT2D eigenvalue weighted by atomic mass is 19.3. The van der Waals surface area contributed by atoms with Gasteiger partial charge >= 0.3 is 0 Å². The van der Waals surface area contributed by atoms with E-state index in [4.69, 9.17) is 9.47 Å². The van der Waals surface area contributed by atoms with Gasteiger partial charge in [0.05, 0.1) is 23.8 Å². The number of fused-ring (bicyclic) bond motifs is 1. The third kappa shape index (κ3) is 9.68. The average Bonchev–Trinajstić information content (AvgIpc) is 3.78. The molecule has 5 nitrogen and oxygen atoms in total. The number of allylic oxidation sites excluding steroid dienone is 1. The molecular weight excluding hydrogens is 546 g/mol. The number of ether oxygens (including phenoxy) is 2. The first kappa shape index (κ1) is 32.7. The van der Waals surface area contributed by atoms with Crippen LogP contribution in [0.5, 0.6) is 5.88 Å². The summed E-state index contributed by atoms with van der Waals surface area (Å²) in [5.74, 6) is -5.18. The Hall–Kier alpha value is -2.16. The van der Waals surface area contributed by atoms with Gasteiger partial charge < -0.3 is 14.4 Å². The zero-order chi connectivity index (χ0) is 29.8. The minimum Gasteiger partial charge on any atom is -0.478 e. The fourth-order valence-electron chi connectivity index (χ4n) is 5.87. The summed E-state index contributed by atoms with van der Waals surface area (Å²) in [5, 5.41) is 0. The molecule has 236 valence electrons. The van der Waals surface area contributed by atoms with Crippen molar-refractivity contribution in [3.05, 3.63) is 35.4 Å². The smallest absolute Gasteiger partial charge is 0.286 e. The van der Waals surface area contributed by atoms with Gasteiger partial charge in [0.1, 0.15) is 0 Å². The van der Waals surface area contributed by atoms with E-state index in [2.05, 4.69) is 16.9 Å². The molecule has 2 unspecified atom stereocenters. The summed E-state index contributed by atoms with van der Waals surface area (Å²) in [5.41, 5.74) is -0.568. The van der Waals surface area contributed by atoms with Crippen molar-refractivity contribution >= 4 is 5.71 Å². The van der Waals surface area contributed by atoms with Crippen LogP contribution in [-0.4, -0.2) is 48.4 Å². The van der Waals surface area contributed by atoms with Gasteiger partial charge in [0.2, 0.25) is 11.8 Å². The Morgan fingerprint density at radius 1 is 0.929 bits per heavy atom. The standard InChI is InChI=1S/C33H49F4N3O2/c1-2-3-21-41-22-11-12-23-42-29-24-26-16-17-27(33(36,37)30(26)31(34)39-29)28-18-20-40(32(35)38-28)19-10-8-6-4-5-7-9-13-25-14-15-25/h18,20,24-25,27,32H,2-17,19,21-23H2,1H3. The molecule has 1 saturated carbocycles. The van der Waals surface area contributed by atoms with E-state index in [1.165, 1.54) is 68.2 Å². The minimum absolute atomic E-state index is 0.00958. The molecule has 0 spiro atoms. The van der Waals surface area contributed by atoms with Crippen LogP contribution >= 0.6 is 0 Å². The number of aromatic nitrogens is 1. The monoisotopic (exact) mass is 595 g/mol. The summed E-state index contributed by atoms with van der Waals surface area (Å²) < 4.78 is 72.1. The molecule has 0 N–H and O–H groups in total. The molecule has 2 aliphatic carbocycles. The first-order valence-electron chi connectivity index (χ1n) is 16.3. The molecule has 0 radical (unpaired) electrons. The van der Waals surface area contributed by atoms with Gasteiger partial charge in [0.25, 0.3) is 12.3 Å². The van der Waals surface area contributed by atoms with E-state index in [0.717, 1.165) is 51.0 Å². The molecule has 0 saturated heterocycles. The van der Waals surface area contributed by atoms with Crippen molar-refractivity contribution in [1.82, 2.24) is 9.88 Å². The SMILES string of the molecule is CCCCOCCCCOc1cc2c(c(F)n1)C(F)(F)C(C1=NC(F)N(CCCCCCCCCC3CC3)C=C1)CC2. The first-order valence-corrected chi connectivity index (χ1v) is 16.3. The number of hydrogen-bond donors (Lipinski definition) is 0. The van der Waals surface area contributed by atoms with Crippen molar-refractivity contribution in [2.75, 3.05) is 26.4 Å². The maximum atomic E-state index is 15.6. The molecule has 1 aromatic rings. The molecule has 3 aliphatic rings. The fraction of sp³-hybridized carbons (Fsp3) is 0.758. The first-order chi connectivity index (χ1) is 20.4. The lowest BCUT2D eigenvalue weighted by Crippen LogP contribution is -2.40. The molecule has 4 rings (SSSR count). The molecule has 2 atom stereocenters. The average molecular weight is 596 g/mol. The molecular formula is C33H49F4N3O2. The Kier molecular flexibility index (Phi) is 13.0. The van der Waals surface area contributed by atoms with Gasteiger partial charge in [-0.25, -0.2) is 13.8 Å². The highest BCUT2D eigenvalue weighted by Crippen LogP contribution is 2.47. The van der Waals surface area contributed by atoms with Gasteiger partial charge in [-0.3, -0.25) is 0 Å². The predicted molar refractivity (Wildman–Crippen MR) is 158 cm³/mol. The van der Waals surface area contributed by atoms with E-state index < -0.39 is 29.8 Å². The number of pyridine rings is 1. The lowest BCUT2D eigenvalue weighted by molar-refractivity contribution is -0.0534. The van der Waals surface area contributed by atoms with Gasteiger partial charge in [0, 0.05) is 32.0 Å². The van der Waals surface area contributed by atoms with Crippen LogP contribution in [0.25, 0.3) is 0 Å². The predicted octanol–water partition coefficient (Wildman–Crippen LogP) is 8.90. The van der Waals surface area contributed by atoms with Crippen LogP contribution in [0.4, 0.5) is 17.6 Å². The third-order valence-electron chi connectivity index (χ3n) is 8.63. The Balaban J connectivity index is 1.20. The van der Waals surface area contributed by atoms with Crippen molar-refractivity contribution in [2.45, 2.75) is 122 Å². The van der Waals surface area contributed by atoms with E-state index in [1.807, 2.05) is 0 Å². The van der Waals surface area contributed by atoms with Crippen LogP contribution in [0.1, 0.15) is 114 Å². The van der Waals surface area contributed by atoms with Crippen molar-refractivity contribution in [3.8, 4) is 5.88 Å². The Bertz CT molecular complexity index is 1030. The van der Waals surface area contributed by atoms with Gasteiger partial charge in [-0.1, -0.05) is 71.1 Å². The lowest BCUT2D eigenvalue weighted by Gasteiger charge is -2.35. The molecule has 0 bridgehead atoms. The molecule has 42 heavy (non-hydrogen) atoms. The second kappa shape index (κ2) is 16.6. The van der Waals surface area contributed by atoms with Gasteiger partial charge in [0.15, 0.2) is 0 Å². The highest BCUT2D eigenvalue weighted by Gasteiger charge is 2.50. The molecule has 1 fully saturated rings. The van der Waals surface area contributed by atoms with E-state index in [9.17, 15) is 8.78 Å². The molecule has 0 aromatic carbocycles. The van der Waals surface area contributed by atoms with Crippen molar-refractivity contribution < 1.29 is 27.0 Å². The molecule has 0 amide bonds. The summed E-state index contributed by atoms with van der Waals surface area (Å²) in [6, 6.07) is 1.41. The molecule has 2 heterocycles. The van der Waals surface area contributed by atoms with E-state index >= 15 is 8.78 Å². The largest absolute Gasteiger partial charge is 0.478 e. The number of unbranched alkanes of at least 4 members (excludes halogenated alkanes) is 8. The Labute approximate surface area is 249 Å². The lowest BCUT2D eigenvalue weighted by atomic mass is 9.78. The maximum absolute atomic E-state index is 15.6. The van der Waals surface area contributed by atoms with Gasteiger partial charge in [-0.05, 0) is 56.1 Å². The van der Waals surface area contributed by atoms with Crippen LogP contribution in [0.15, 0.2) is 23.3 Å².